The van der Waals surface area contributed by atoms with Gasteiger partial charge in [-0.1, -0.05) is 32.7 Å². The van der Waals surface area contributed by atoms with E-state index in [9.17, 15) is 0 Å². The van der Waals surface area contributed by atoms with E-state index in [1.807, 2.05) is 35.5 Å². The van der Waals surface area contributed by atoms with Crippen LogP contribution in [0, 0.1) is 0 Å². The first kappa shape index (κ1) is 18.0. The molecule has 0 bridgehead atoms. The van der Waals surface area contributed by atoms with Crippen molar-refractivity contribution >= 4 is 35.5 Å². The maximum atomic E-state index is 3.46. The van der Waals surface area contributed by atoms with Gasteiger partial charge in [-0.25, -0.2) is 0 Å². The van der Waals surface area contributed by atoms with Crippen molar-refractivity contribution in [2.24, 2.45) is 0 Å². The summed E-state index contributed by atoms with van der Waals surface area (Å²) in [5, 5.41) is 5.76. The number of nitrogens with one attached hydrogen (secondary N) is 2. The zero-order valence-corrected chi connectivity index (χ0v) is 14.5. The first-order valence-corrected chi connectivity index (χ1v) is 9.15. The van der Waals surface area contributed by atoms with Crippen LogP contribution in [-0.2, 0) is 0 Å². The molecule has 0 aliphatic carbocycles. The summed E-state index contributed by atoms with van der Waals surface area (Å²) in [6.07, 6.45) is 0. The highest BCUT2D eigenvalue weighted by molar-refractivity contribution is 8.22. The SMILES string of the molecule is CC(C)(C)NCCNSCSCSC(C)(C)C. The fourth-order valence-corrected chi connectivity index (χ4v) is 4.44. The lowest BCUT2D eigenvalue weighted by Gasteiger charge is -2.20. The fourth-order valence-electron chi connectivity index (χ4n) is 0.896. The third-order valence-electron chi connectivity index (χ3n) is 1.70. The quantitative estimate of drug-likeness (QED) is 0.403. The van der Waals surface area contributed by atoms with Gasteiger partial charge >= 0.3 is 0 Å². The average molecular weight is 297 g/mol. The van der Waals surface area contributed by atoms with Gasteiger partial charge in [-0.05, 0) is 20.8 Å². The normalized spacial score (nSPS) is 13.1. The van der Waals surface area contributed by atoms with E-state index in [1.54, 1.807) is 0 Å². The highest BCUT2D eigenvalue weighted by Crippen LogP contribution is 2.27. The Hall–Kier alpha value is 0.970. The molecule has 0 unspecified atom stereocenters. The van der Waals surface area contributed by atoms with E-state index in [-0.39, 0.29) is 5.54 Å². The van der Waals surface area contributed by atoms with Gasteiger partial charge in [0.25, 0.3) is 0 Å². The molecule has 0 spiro atoms. The molecule has 0 saturated carbocycles. The molecule has 2 nitrogen and oxygen atoms in total. The summed E-state index contributed by atoms with van der Waals surface area (Å²) in [6.45, 7) is 15.4. The first-order chi connectivity index (χ1) is 7.71. The zero-order chi connectivity index (χ0) is 13.4. The second-order valence-electron chi connectivity index (χ2n) is 5.91. The smallest absolute Gasteiger partial charge is 0.0545 e. The van der Waals surface area contributed by atoms with Crippen molar-refractivity contribution in [1.82, 2.24) is 10.0 Å². The van der Waals surface area contributed by atoms with Crippen LogP contribution >= 0.6 is 35.5 Å². The van der Waals surface area contributed by atoms with Crippen molar-refractivity contribution < 1.29 is 0 Å². The Morgan fingerprint density at radius 1 is 0.882 bits per heavy atom. The van der Waals surface area contributed by atoms with E-state index in [2.05, 4.69) is 51.6 Å². The minimum atomic E-state index is 0.227. The molecule has 0 atom stereocenters. The van der Waals surface area contributed by atoms with Crippen LogP contribution in [0.5, 0.6) is 0 Å². The van der Waals surface area contributed by atoms with Crippen LogP contribution in [-0.4, -0.2) is 33.5 Å². The summed E-state index contributed by atoms with van der Waals surface area (Å²) < 4.78 is 3.77. The topological polar surface area (TPSA) is 24.1 Å². The number of rotatable bonds is 8. The van der Waals surface area contributed by atoms with Crippen molar-refractivity contribution in [2.75, 3.05) is 23.3 Å². The summed E-state index contributed by atoms with van der Waals surface area (Å²) in [5.41, 5.74) is 0.227. The molecule has 0 fully saturated rings. The third kappa shape index (κ3) is 17.0. The Morgan fingerprint density at radius 2 is 1.53 bits per heavy atom. The highest BCUT2D eigenvalue weighted by atomic mass is 32.2. The van der Waals surface area contributed by atoms with Crippen LogP contribution in [0.4, 0.5) is 0 Å². The molecule has 2 N–H and O–H groups in total. The minimum Gasteiger partial charge on any atom is -0.311 e. The Bertz CT molecular complexity index is 165. The molecule has 0 aliphatic rings. The van der Waals surface area contributed by atoms with Crippen LogP contribution < -0.4 is 10.0 Å². The standard InChI is InChI=1S/C12H28N2S3/c1-11(2,3)13-7-8-14-17-10-15-9-16-12(4,5)6/h13-14H,7-10H2,1-6H3. The van der Waals surface area contributed by atoms with E-state index in [0.29, 0.717) is 4.75 Å². The van der Waals surface area contributed by atoms with Gasteiger partial charge in [0.1, 0.15) is 0 Å². The Morgan fingerprint density at radius 3 is 2.06 bits per heavy atom. The van der Waals surface area contributed by atoms with Gasteiger partial charge in [0, 0.05) is 28.5 Å². The van der Waals surface area contributed by atoms with Gasteiger partial charge in [-0.3, -0.25) is 4.72 Å². The van der Waals surface area contributed by atoms with Crippen molar-refractivity contribution in [3.63, 3.8) is 0 Å². The Kier molecular flexibility index (Phi) is 9.48. The van der Waals surface area contributed by atoms with E-state index in [0.717, 1.165) is 18.2 Å². The molecule has 5 heteroatoms. The van der Waals surface area contributed by atoms with E-state index >= 15 is 0 Å². The van der Waals surface area contributed by atoms with E-state index in [4.69, 9.17) is 0 Å². The maximum absolute atomic E-state index is 3.46. The molecule has 0 rings (SSSR count). The summed E-state index contributed by atoms with van der Waals surface area (Å²) in [6, 6.07) is 0. The monoisotopic (exact) mass is 296 g/mol. The molecular formula is C12H28N2S3. The molecule has 0 heterocycles. The van der Waals surface area contributed by atoms with Gasteiger partial charge in [-0.2, -0.15) is 0 Å². The molecule has 0 radical (unpaired) electrons. The van der Waals surface area contributed by atoms with Gasteiger partial charge in [0.15, 0.2) is 0 Å². The van der Waals surface area contributed by atoms with E-state index < -0.39 is 0 Å². The van der Waals surface area contributed by atoms with Crippen LogP contribution in [0.15, 0.2) is 0 Å². The summed E-state index contributed by atoms with van der Waals surface area (Å²) >= 11 is 5.82. The van der Waals surface area contributed by atoms with Gasteiger partial charge in [-0.15, -0.1) is 23.5 Å². The number of hydrogen-bond donors (Lipinski definition) is 2. The molecule has 17 heavy (non-hydrogen) atoms. The minimum absolute atomic E-state index is 0.227. The first-order valence-electron chi connectivity index (χ1n) is 6.02. The fraction of sp³-hybridized carbons (Fsp3) is 1.00. The molecule has 0 aromatic heterocycles. The Balaban J connectivity index is 3.15. The summed E-state index contributed by atoms with van der Waals surface area (Å²) in [4.78, 5) is 0. The predicted molar refractivity (Wildman–Crippen MR) is 88.0 cm³/mol. The number of thioether (sulfide) groups is 2. The summed E-state index contributed by atoms with van der Waals surface area (Å²) in [5.74, 6) is 0. The van der Waals surface area contributed by atoms with Gasteiger partial charge < -0.3 is 5.32 Å². The van der Waals surface area contributed by atoms with Crippen molar-refractivity contribution in [2.45, 2.75) is 51.8 Å². The zero-order valence-electron chi connectivity index (χ0n) is 12.1. The van der Waals surface area contributed by atoms with Crippen LogP contribution in [0.1, 0.15) is 41.5 Å². The van der Waals surface area contributed by atoms with Crippen molar-refractivity contribution in [3.05, 3.63) is 0 Å². The lowest BCUT2D eigenvalue weighted by atomic mass is 10.1. The van der Waals surface area contributed by atoms with Crippen molar-refractivity contribution in [3.8, 4) is 0 Å². The third-order valence-corrected chi connectivity index (χ3v) is 5.25. The molecule has 0 amide bonds. The van der Waals surface area contributed by atoms with Crippen LogP contribution in [0.25, 0.3) is 0 Å². The molecule has 0 aromatic rings. The lowest BCUT2D eigenvalue weighted by molar-refractivity contribution is 0.430. The largest absolute Gasteiger partial charge is 0.311 e. The summed E-state index contributed by atoms with van der Waals surface area (Å²) in [7, 11) is 0. The molecule has 104 valence electrons. The van der Waals surface area contributed by atoms with Gasteiger partial charge in [0.2, 0.25) is 0 Å². The highest BCUT2D eigenvalue weighted by Gasteiger charge is 2.09. The predicted octanol–water partition coefficient (Wildman–Crippen LogP) is 3.79. The lowest BCUT2D eigenvalue weighted by Crippen LogP contribution is -2.39. The van der Waals surface area contributed by atoms with E-state index in [1.165, 1.54) is 5.08 Å². The number of hydrogen-bond acceptors (Lipinski definition) is 5. The van der Waals surface area contributed by atoms with Gasteiger partial charge in [0.05, 0.1) is 5.08 Å². The van der Waals surface area contributed by atoms with Crippen LogP contribution in [0.3, 0.4) is 0 Å². The molecule has 0 aromatic carbocycles. The Labute approximate surface area is 120 Å². The van der Waals surface area contributed by atoms with Crippen LogP contribution in [0.2, 0.25) is 0 Å². The molecule has 0 saturated heterocycles. The van der Waals surface area contributed by atoms with Crippen molar-refractivity contribution in [1.29, 1.82) is 0 Å². The molecule has 0 aliphatic heterocycles. The maximum Gasteiger partial charge on any atom is 0.0545 e. The second kappa shape index (κ2) is 8.97. The average Bonchev–Trinajstić information content (AvgIpc) is 2.11. The molecular weight excluding hydrogens is 268 g/mol. The second-order valence-corrected chi connectivity index (χ2v) is 10.3.